The quantitative estimate of drug-likeness (QED) is 0.512. The zero-order chi connectivity index (χ0) is 24.9. The Morgan fingerprint density at radius 2 is 1.53 bits per heavy atom. The second kappa shape index (κ2) is 10.7. The SMILES string of the molecule is COc1ccc(S(=O)(=O)N(C)CC(=O)NCc2ccc(S(=O)(=O)N3CCCC3)cc2)cc1OC. The smallest absolute Gasteiger partial charge is 0.243 e. The van der Waals surface area contributed by atoms with Crippen LogP contribution in [0.5, 0.6) is 11.5 Å². The molecule has 1 aliphatic rings. The van der Waals surface area contributed by atoms with Gasteiger partial charge in [-0.3, -0.25) is 4.79 Å². The molecular formula is C22H29N3O7S2. The van der Waals surface area contributed by atoms with E-state index >= 15 is 0 Å². The van der Waals surface area contributed by atoms with Crippen LogP contribution in [0.25, 0.3) is 0 Å². The standard InChI is InChI=1S/C22H29N3O7S2/c1-24(33(27,28)19-10-11-20(31-2)21(14-19)32-3)16-22(26)23-15-17-6-8-18(9-7-17)34(29,30)25-12-4-5-13-25/h6-11,14H,4-5,12-13,15-16H2,1-3H3,(H,23,26). The number of sulfonamides is 2. The Balaban J connectivity index is 1.59. The molecule has 1 N–H and O–H groups in total. The fourth-order valence-electron chi connectivity index (χ4n) is 3.56. The van der Waals surface area contributed by atoms with Gasteiger partial charge in [0.15, 0.2) is 11.5 Å². The summed E-state index contributed by atoms with van der Waals surface area (Å²) in [6.45, 7) is 0.797. The van der Waals surface area contributed by atoms with Gasteiger partial charge in [0.25, 0.3) is 0 Å². The number of likely N-dealkylation sites (N-methyl/N-ethyl adjacent to an activating group) is 1. The van der Waals surface area contributed by atoms with E-state index in [1.54, 1.807) is 12.1 Å². The highest BCUT2D eigenvalue weighted by molar-refractivity contribution is 7.89. The summed E-state index contributed by atoms with van der Waals surface area (Å²) in [6, 6.07) is 10.5. The van der Waals surface area contributed by atoms with Crippen LogP contribution in [-0.2, 0) is 31.4 Å². The maximum Gasteiger partial charge on any atom is 0.243 e. The molecule has 3 rings (SSSR count). The summed E-state index contributed by atoms with van der Waals surface area (Å²) < 4.78 is 63.6. The molecule has 12 heteroatoms. The summed E-state index contributed by atoms with van der Waals surface area (Å²) in [5.41, 5.74) is 0.694. The van der Waals surface area contributed by atoms with Gasteiger partial charge < -0.3 is 14.8 Å². The van der Waals surface area contributed by atoms with Gasteiger partial charge in [-0.05, 0) is 42.7 Å². The van der Waals surface area contributed by atoms with Crippen molar-refractivity contribution in [2.24, 2.45) is 0 Å². The number of hydrogen-bond donors (Lipinski definition) is 1. The predicted octanol–water partition coefficient (Wildman–Crippen LogP) is 1.43. The molecule has 1 saturated heterocycles. The van der Waals surface area contributed by atoms with Crippen molar-refractivity contribution in [1.29, 1.82) is 0 Å². The summed E-state index contributed by atoms with van der Waals surface area (Å²) in [4.78, 5) is 12.5. The molecule has 2 aromatic carbocycles. The molecule has 1 fully saturated rings. The lowest BCUT2D eigenvalue weighted by Crippen LogP contribution is -2.38. The van der Waals surface area contributed by atoms with E-state index < -0.39 is 32.5 Å². The highest BCUT2D eigenvalue weighted by Gasteiger charge is 2.27. The molecule has 2 aromatic rings. The summed E-state index contributed by atoms with van der Waals surface area (Å²) in [7, 11) is -3.28. The first-order chi connectivity index (χ1) is 16.1. The largest absolute Gasteiger partial charge is 0.493 e. The minimum absolute atomic E-state index is 0.0322. The molecule has 0 bridgehead atoms. The van der Waals surface area contributed by atoms with Gasteiger partial charge in [0.1, 0.15) is 0 Å². The predicted molar refractivity (Wildman–Crippen MR) is 126 cm³/mol. The van der Waals surface area contributed by atoms with Gasteiger partial charge in [-0.2, -0.15) is 8.61 Å². The van der Waals surface area contributed by atoms with Crippen molar-refractivity contribution >= 4 is 26.0 Å². The molecule has 1 aliphatic heterocycles. The van der Waals surface area contributed by atoms with Crippen LogP contribution in [0, 0.1) is 0 Å². The van der Waals surface area contributed by atoms with E-state index in [0.29, 0.717) is 24.4 Å². The van der Waals surface area contributed by atoms with Crippen LogP contribution in [0.1, 0.15) is 18.4 Å². The molecule has 0 unspecified atom stereocenters. The van der Waals surface area contributed by atoms with Gasteiger partial charge in [0.2, 0.25) is 26.0 Å². The Morgan fingerprint density at radius 1 is 0.941 bits per heavy atom. The van der Waals surface area contributed by atoms with Crippen molar-refractivity contribution < 1.29 is 31.1 Å². The molecule has 186 valence electrons. The number of nitrogens with zero attached hydrogens (tertiary/aromatic N) is 2. The molecule has 0 saturated carbocycles. The molecular weight excluding hydrogens is 482 g/mol. The number of carbonyl (C=O) groups is 1. The summed E-state index contributed by atoms with van der Waals surface area (Å²) in [5.74, 6) is 0.151. The number of ether oxygens (including phenoxy) is 2. The van der Waals surface area contributed by atoms with Crippen LogP contribution in [0.3, 0.4) is 0 Å². The van der Waals surface area contributed by atoms with Crippen LogP contribution in [-0.4, -0.2) is 72.3 Å². The third-order valence-electron chi connectivity index (χ3n) is 5.55. The summed E-state index contributed by atoms with van der Waals surface area (Å²) in [5, 5.41) is 2.66. The van der Waals surface area contributed by atoms with Crippen LogP contribution >= 0.6 is 0 Å². The average molecular weight is 512 g/mol. The van der Waals surface area contributed by atoms with E-state index in [-0.39, 0.29) is 22.1 Å². The van der Waals surface area contributed by atoms with Crippen LogP contribution in [0.2, 0.25) is 0 Å². The molecule has 1 amide bonds. The van der Waals surface area contributed by atoms with E-state index in [1.165, 1.54) is 55.9 Å². The number of rotatable bonds is 10. The van der Waals surface area contributed by atoms with Crippen molar-refractivity contribution in [3.63, 3.8) is 0 Å². The van der Waals surface area contributed by atoms with Gasteiger partial charge >= 0.3 is 0 Å². The number of methoxy groups -OCH3 is 2. The van der Waals surface area contributed by atoms with Gasteiger partial charge in [-0.15, -0.1) is 0 Å². The van der Waals surface area contributed by atoms with E-state index in [4.69, 9.17) is 9.47 Å². The average Bonchev–Trinajstić information content (AvgIpc) is 3.38. The number of amides is 1. The summed E-state index contributed by atoms with van der Waals surface area (Å²) in [6.07, 6.45) is 1.72. The molecule has 0 radical (unpaired) electrons. The maximum absolute atomic E-state index is 12.8. The molecule has 1 heterocycles. The van der Waals surface area contributed by atoms with Crippen LogP contribution in [0.15, 0.2) is 52.3 Å². The highest BCUT2D eigenvalue weighted by Crippen LogP contribution is 2.30. The Morgan fingerprint density at radius 3 is 2.12 bits per heavy atom. The molecule has 34 heavy (non-hydrogen) atoms. The van der Waals surface area contributed by atoms with Gasteiger partial charge in [-0.1, -0.05) is 12.1 Å². The zero-order valence-electron chi connectivity index (χ0n) is 19.4. The fraction of sp³-hybridized carbons (Fsp3) is 0.409. The maximum atomic E-state index is 12.8. The molecule has 0 aliphatic carbocycles. The van der Waals surface area contributed by atoms with Crippen LogP contribution < -0.4 is 14.8 Å². The van der Waals surface area contributed by atoms with Gasteiger partial charge in [0.05, 0.1) is 30.6 Å². The van der Waals surface area contributed by atoms with Crippen molar-refractivity contribution in [3.05, 3.63) is 48.0 Å². The van der Waals surface area contributed by atoms with Gasteiger partial charge in [-0.25, -0.2) is 16.8 Å². The van der Waals surface area contributed by atoms with Crippen molar-refractivity contribution in [3.8, 4) is 11.5 Å². The van der Waals surface area contributed by atoms with Gasteiger partial charge in [0, 0.05) is 32.7 Å². The summed E-state index contributed by atoms with van der Waals surface area (Å²) >= 11 is 0. The topological polar surface area (TPSA) is 122 Å². The minimum Gasteiger partial charge on any atom is -0.493 e. The lowest BCUT2D eigenvalue weighted by Gasteiger charge is -2.18. The van der Waals surface area contributed by atoms with Crippen molar-refractivity contribution in [2.45, 2.75) is 29.2 Å². The second-order valence-electron chi connectivity index (χ2n) is 7.81. The molecule has 0 atom stereocenters. The molecule has 0 spiro atoms. The Bertz CT molecular complexity index is 1220. The van der Waals surface area contributed by atoms with E-state index in [0.717, 1.165) is 17.1 Å². The minimum atomic E-state index is -3.94. The van der Waals surface area contributed by atoms with E-state index in [1.807, 2.05) is 0 Å². The molecule has 0 aromatic heterocycles. The Labute approximate surface area is 200 Å². The first-order valence-corrected chi connectivity index (χ1v) is 13.5. The number of benzene rings is 2. The first kappa shape index (κ1) is 25.9. The lowest BCUT2D eigenvalue weighted by molar-refractivity contribution is -0.121. The first-order valence-electron chi connectivity index (χ1n) is 10.6. The highest BCUT2D eigenvalue weighted by atomic mass is 32.2. The Kier molecular flexibility index (Phi) is 8.18. The van der Waals surface area contributed by atoms with Crippen molar-refractivity contribution in [1.82, 2.24) is 13.9 Å². The second-order valence-corrected chi connectivity index (χ2v) is 11.8. The normalized spacial score (nSPS) is 14.8. The van der Waals surface area contributed by atoms with E-state index in [2.05, 4.69) is 5.32 Å². The monoisotopic (exact) mass is 511 g/mol. The Hall–Kier alpha value is -2.67. The number of nitrogens with one attached hydrogen (secondary N) is 1. The fourth-order valence-corrected chi connectivity index (χ4v) is 6.22. The lowest BCUT2D eigenvalue weighted by atomic mass is 10.2. The third kappa shape index (κ3) is 5.69. The van der Waals surface area contributed by atoms with E-state index in [9.17, 15) is 21.6 Å². The number of carbonyl (C=O) groups excluding carboxylic acids is 1. The number of hydrogen-bond acceptors (Lipinski definition) is 7. The zero-order valence-corrected chi connectivity index (χ0v) is 21.0. The molecule has 10 nitrogen and oxygen atoms in total. The van der Waals surface area contributed by atoms with Crippen LogP contribution in [0.4, 0.5) is 0 Å². The third-order valence-corrected chi connectivity index (χ3v) is 9.26. The van der Waals surface area contributed by atoms with Crippen molar-refractivity contribution in [2.75, 3.05) is 40.9 Å².